The smallest absolute Gasteiger partial charge is 0.378 e. The fourth-order valence-electron chi connectivity index (χ4n) is 3.91. The number of aromatic nitrogens is 1. The van der Waals surface area contributed by atoms with Crippen LogP contribution in [0.5, 0.6) is 0 Å². The van der Waals surface area contributed by atoms with Crippen LogP contribution in [0.15, 0.2) is 83.9 Å². The van der Waals surface area contributed by atoms with Gasteiger partial charge < -0.3 is 9.88 Å². The Bertz CT molecular complexity index is 1390. The molecule has 0 aliphatic rings. The molecule has 5 nitrogen and oxygen atoms in total. The van der Waals surface area contributed by atoms with Gasteiger partial charge in [0, 0.05) is 49.3 Å². The summed E-state index contributed by atoms with van der Waals surface area (Å²) < 4.78 is 67.7. The van der Waals surface area contributed by atoms with E-state index >= 15 is 0 Å². The topological polar surface area (TPSA) is 65.2 Å². The SMILES string of the molecule is CN(C)c1ccc(C(CNS(=O)(=O)c2cccc(C(F)(F)F)c2)c2c[nH]c3ccccc23)cc1. The van der Waals surface area contributed by atoms with Crippen molar-refractivity contribution in [3.63, 3.8) is 0 Å². The third kappa shape index (κ3) is 4.95. The number of aromatic amines is 1. The third-order valence-corrected chi connectivity index (χ3v) is 7.18. The Morgan fingerprint density at radius 2 is 1.68 bits per heavy atom. The second-order valence-electron chi connectivity index (χ2n) is 8.21. The molecule has 1 aromatic heterocycles. The molecule has 1 unspecified atom stereocenters. The first kappa shape index (κ1) is 23.8. The minimum atomic E-state index is -4.63. The van der Waals surface area contributed by atoms with Gasteiger partial charge in [0.25, 0.3) is 0 Å². The largest absolute Gasteiger partial charge is 0.416 e. The number of sulfonamides is 1. The Hall–Kier alpha value is -3.30. The molecule has 0 amide bonds. The molecule has 1 heterocycles. The highest BCUT2D eigenvalue weighted by atomic mass is 32.2. The molecule has 0 saturated heterocycles. The van der Waals surface area contributed by atoms with Crippen molar-refractivity contribution in [3.8, 4) is 0 Å². The van der Waals surface area contributed by atoms with Gasteiger partial charge in [0.15, 0.2) is 0 Å². The maximum Gasteiger partial charge on any atom is 0.416 e. The fraction of sp³-hybridized carbons (Fsp3) is 0.200. The second-order valence-corrected chi connectivity index (χ2v) is 9.97. The van der Waals surface area contributed by atoms with Gasteiger partial charge in [0.05, 0.1) is 10.5 Å². The number of nitrogens with zero attached hydrogens (tertiary/aromatic N) is 1. The second kappa shape index (κ2) is 9.15. The zero-order chi connectivity index (χ0) is 24.5. The third-order valence-electron chi connectivity index (χ3n) is 5.76. The molecule has 0 aliphatic heterocycles. The number of fused-ring (bicyclic) bond motifs is 1. The van der Waals surface area contributed by atoms with Gasteiger partial charge in [-0.25, -0.2) is 13.1 Å². The van der Waals surface area contributed by atoms with Crippen molar-refractivity contribution in [2.24, 2.45) is 0 Å². The molecule has 3 aromatic carbocycles. The Morgan fingerprint density at radius 3 is 2.35 bits per heavy atom. The van der Waals surface area contributed by atoms with Crippen LogP contribution in [-0.4, -0.2) is 34.0 Å². The molecule has 4 aromatic rings. The van der Waals surface area contributed by atoms with Gasteiger partial charge in [-0.15, -0.1) is 0 Å². The minimum absolute atomic E-state index is 0.0261. The first-order valence-electron chi connectivity index (χ1n) is 10.6. The highest BCUT2D eigenvalue weighted by Crippen LogP contribution is 2.33. The summed E-state index contributed by atoms with van der Waals surface area (Å²) in [5.41, 5.74) is 2.66. The summed E-state index contributed by atoms with van der Waals surface area (Å²) in [6, 6.07) is 19.2. The van der Waals surface area contributed by atoms with E-state index in [0.29, 0.717) is 6.07 Å². The molecule has 0 radical (unpaired) electrons. The predicted molar refractivity (Wildman–Crippen MR) is 128 cm³/mol. The lowest BCUT2D eigenvalue weighted by molar-refractivity contribution is -0.137. The molecule has 178 valence electrons. The molecule has 9 heteroatoms. The predicted octanol–water partition coefficient (Wildman–Crippen LogP) is 5.36. The highest BCUT2D eigenvalue weighted by Gasteiger charge is 2.32. The summed E-state index contributed by atoms with van der Waals surface area (Å²) >= 11 is 0. The average molecular weight is 488 g/mol. The normalized spacial score (nSPS) is 13.2. The van der Waals surface area contributed by atoms with E-state index in [1.165, 1.54) is 0 Å². The molecule has 0 saturated carbocycles. The number of H-pyrrole nitrogens is 1. The van der Waals surface area contributed by atoms with Crippen molar-refractivity contribution in [2.45, 2.75) is 17.0 Å². The average Bonchev–Trinajstić information content (AvgIpc) is 3.23. The zero-order valence-corrected chi connectivity index (χ0v) is 19.4. The molecule has 34 heavy (non-hydrogen) atoms. The Balaban J connectivity index is 1.69. The molecular formula is C25H24F3N3O2S. The van der Waals surface area contributed by atoms with Crippen molar-refractivity contribution in [1.29, 1.82) is 0 Å². The lowest BCUT2D eigenvalue weighted by Crippen LogP contribution is -2.29. The van der Waals surface area contributed by atoms with Gasteiger partial charge in [0.1, 0.15) is 0 Å². The van der Waals surface area contributed by atoms with E-state index in [1.54, 1.807) is 0 Å². The standard InChI is InChI=1S/C25H24F3N3O2S/c1-31(2)19-12-10-17(11-13-19)22(23-15-29-24-9-4-3-8-21(23)24)16-30-34(32,33)20-7-5-6-18(14-20)25(26,27)28/h3-15,22,29-30H,16H2,1-2H3. The van der Waals surface area contributed by atoms with Crippen molar-refractivity contribution < 1.29 is 21.6 Å². The number of hydrogen-bond donors (Lipinski definition) is 2. The molecule has 0 bridgehead atoms. The lowest BCUT2D eigenvalue weighted by atomic mass is 9.91. The molecular weight excluding hydrogens is 463 g/mol. The number of anilines is 1. The van der Waals surface area contributed by atoms with Gasteiger partial charge in [-0.2, -0.15) is 13.2 Å². The molecule has 1 atom stereocenters. The summed E-state index contributed by atoms with van der Waals surface area (Å²) in [5.74, 6) is -0.368. The van der Waals surface area contributed by atoms with Gasteiger partial charge in [-0.3, -0.25) is 0 Å². The summed E-state index contributed by atoms with van der Waals surface area (Å²) in [6.07, 6.45) is -2.79. The molecule has 0 aliphatic carbocycles. The van der Waals surface area contributed by atoms with Crippen LogP contribution in [-0.2, 0) is 16.2 Å². The van der Waals surface area contributed by atoms with E-state index in [2.05, 4.69) is 9.71 Å². The van der Waals surface area contributed by atoms with Crippen molar-refractivity contribution in [1.82, 2.24) is 9.71 Å². The van der Waals surface area contributed by atoms with Crippen LogP contribution in [0.25, 0.3) is 10.9 Å². The van der Waals surface area contributed by atoms with E-state index in [1.807, 2.05) is 73.7 Å². The monoisotopic (exact) mass is 487 g/mol. The van der Waals surface area contributed by atoms with Crippen LogP contribution in [0.2, 0.25) is 0 Å². The zero-order valence-electron chi connectivity index (χ0n) is 18.6. The summed E-state index contributed by atoms with van der Waals surface area (Å²) in [6.45, 7) is -0.0261. The van der Waals surface area contributed by atoms with Gasteiger partial charge in [0.2, 0.25) is 10.0 Å². The Kier molecular flexibility index (Phi) is 6.42. The van der Waals surface area contributed by atoms with E-state index < -0.39 is 26.7 Å². The number of benzene rings is 3. The van der Waals surface area contributed by atoms with E-state index in [9.17, 15) is 21.6 Å². The first-order valence-corrected chi connectivity index (χ1v) is 12.0. The molecule has 4 rings (SSSR count). The lowest BCUT2D eigenvalue weighted by Gasteiger charge is -2.20. The van der Waals surface area contributed by atoms with Crippen LogP contribution < -0.4 is 9.62 Å². The number of alkyl halides is 3. The van der Waals surface area contributed by atoms with Gasteiger partial charge >= 0.3 is 6.18 Å². The highest BCUT2D eigenvalue weighted by molar-refractivity contribution is 7.89. The molecule has 2 N–H and O–H groups in total. The Labute approximate surface area is 196 Å². The van der Waals surface area contributed by atoms with E-state index in [4.69, 9.17) is 0 Å². The molecule has 0 fully saturated rings. The maximum atomic E-state index is 13.1. The fourth-order valence-corrected chi connectivity index (χ4v) is 5.00. The summed E-state index contributed by atoms with van der Waals surface area (Å²) in [5, 5.41) is 0.947. The number of halogens is 3. The van der Waals surface area contributed by atoms with E-state index in [0.717, 1.165) is 45.9 Å². The quantitative estimate of drug-likeness (QED) is 0.369. The van der Waals surface area contributed by atoms with Gasteiger partial charge in [-0.05, 0) is 47.5 Å². The van der Waals surface area contributed by atoms with Crippen molar-refractivity contribution in [2.75, 3.05) is 25.5 Å². The molecule has 0 spiro atoms. The van der Waals surface area contributed by atoms with Crippen molar-refractivity contribution >= 4 is 26.6 Å². The summed E-state index contributed by atoms with van der Waals surface area (Å²) in [4.78, 5) is 4.74. The van der Waals surface area contributed by atoms with Crippen LogP contribution >= 0.6 is 0 Å². The van der Waals surface area contributed by atoms with Crippen molar-refractivity contribution in [3.05, 3.63) is 95.7 Å². The number of para-hydroxylation sites is 1. The number of hydrogen-bond acceptors (Lipinski definition) is 3. The maximum absolute atomic E-state index is 13.1. The van der Waals surface area contributed by atoms with Crippen LogP contribution in [0, 0.1) is 0 Å². The minimum Gasteiger partial charge on any atom is -0.378 e. The van der Waals surface area contributed by atoms with Crippen LogP contribution in [0.3, 0.4) is 0 Å². The number of rotatable bonds is 7. The number of nitrogens with one attached hydrogen (secondary N) is 2. The van der Waals surface area contributed by atoms with Gasteiger partial charge in [-0.1, -0.05) is 36.4 Å². The summed E-state index contributed by atoms with van der Waals surface area (Å²) in [7, 11) is -0.329. The van der Waals surface area contributed by atoms with Crippen LogP contribution in [0.4, 0.5) is 18.9 Å². The van der Waals surface area contributed by atoms with E-state index in [-0.39, 0.29) is 12.5 Å². The van der Waals surface area contributed by atoms with Crippen LogP contribution in [0.1, 0.15) is 22.6 Å². The first-order chi connectivity index (χ1) is 16.1. The Morgan fingerprint density at radius 1 is 0.971 bits per heavy atom.